The Morgan fingerprint density at radius 2 is 1.15 bits per heavy atom. The van der Waals surface area contributed by atoms with Gasteiger partial charge in [-0.1, -0.05) is 66.0 Å². The molecule has 0 aliphatic heterocycles. The molecule has 3 aromatic heterocycles. The van der Waals surface area contributed by atoms with E-state index in [1.165, 1.54) is 23.5 Å². The highest BCUT2D eigenvalue weighted by molar-refractivity contribution is 7.98. The second-order valence-electron chi connectivity index (χ2n) is 7.23. The number of benzene rings is 3. The Labute approximate surface area is 197 Å². The number of hydrogen-bond donors (Lipinski definition) is 0. The van der Waals surface area contributed by atoms with Gasteiger partial charge in [-0.2, -0.15) is 0 Å². The molecule has 0 atom stereocenters. The first-order valence-electron chi connectivity index (χ1n) is 10.3. The monoisotopic (exact) mass is 471 g/mol. The zero-order valence-electron chi connectivity index (χ0n) is 17.3. The van der Waals surface area contributed by atoms with Crippen molar-refractivity contribution in [2.45, 2.75) is 22.0 Å². The minimum atomic E-state index is 0.552. The molecule has 0 fully saturated rings. The SMILES string of the molecule is c1ccc(-c2nc(CSc3nc4ccccc4o3)c(CSc3nc4ccccc4o3)o2)cc1. The van der Waals surface area contributed by atoms with E-state index in [1.54, 1.807) is 0 Å². The summed E-state index contributed by atoms with van der Waals surface area (Å²) >= 11 is 2.99. The smallest absolute Gasteiger partial charge is 0.257 e. The van der Waals surface area contributed by atoms with E-state index in [1.807, 2.05) is 78.9 Å². The summed E-state index contributed by atoms with van der Waals surface area (Å²) in [5, 5.41) is 1.21. The molecule has 0 aliphatic rings. The Kier molecular flexibility index (Phi) is 5.37. The summed E-state index contributed by atoms with van der Waals surface area (Å²) in [6.07, 6.45) is 0. The maximum atomic E-state index is 6.18. The molecule has 6 aromatic rings. The maximum Gasteiger partial charge on any atom is 0.257 e. The number of oxazole rings is 3. The topological polar surface area (TPSA) is 78.1 Å². The van der Waals surface area contributed by atoms with Crippen LogP contribution in [0.4, 0.5) is 0 Å². The van der Waals surface area contributed by atoms with E-state index in [-0.39, 0.29) is 0 Å². The lowest BCUT2D eigenvalue weighted by Gasteiger charge is -1.98. The third-order valence-electron chi connectivity index (χ3n) is 5.01. The molecule has 3 heterocycles. The number of fused-ring (bicyclic) bond motifs is 2. The van der Waals surface area contributed by atoms with Gasteiger partial charge in [-0.15, -0.1) is 0 Å². The van der Waals surface area contributed by atoms with Crippen LogP contribution in [-0.4, -0.2) is 15.0 Å². The van der Waals surface area contributed by atoms with Gasteiger partial charge in [-0.3, -0.25) is 0 Å². The molecule has 0 saturated heterocycles. The van der Waals surface area contributed by atoms with E-state index in [0.717, 1.165) is 39.2 Å². The molecule has 0 bridgehead atoms. The van der Waals surface area contributed by atoms with Crippen molar-refractivity contribution in [3.63, 3.8) is 0 Å². The van der Waals surface area contributed by atoms with Crippen molar-refractivity contribution < 1.29 is 13.3 Å². The maximum absolute atomic E-state index is 6.18. The highest BCUT2D eigenvalue weighted by Gasteiger charge is 2.18. The van der Waals surface area contributed by atoms with Gasteiger partial charge < -0.3 is 13.3 Å². The summed E-state index contributed by atoms with van der Waals surface area (Å²) < 4.78 is 17.9. The van der Waals surface area contributed by atoms with Crippen LogP contribution in [0.1, 0.15) is 11.5 Å². The van der Waals surface area contributed by atoms with Gasteiger partial charge in [-0.25, -0.2) is 15.0 Å². The van der Waals surface area contributed by atoms with Gasteiger partial charge in [0.15, 0.2) is 11.2 Å². The van der Waals surface area contributed by atoms with Gasteiger partial charge in [0, 0.05) is 11.3 Å². The molecule has 6 rings (SSSR count). The average Bonchev–Trinajstić information content (AvgIpc) is 3.57. The number of nitrogens with zero attached hydrogens (tertiary/aromatic N) is 3. The van der Waals surface area contributed by atoms with Gasteiger partial charge >= 0.3 is 0 Å². The summed E-state index contributed by atoms with van der Waals surface area (Å²) in [7, 11) is 0. The van der Waals surface area contributed by atoms with E-state index < -0.39 is 0 Å². The van der Waals surface area contributed by atoms with Gasteiger partial charge in [0.1, 0.15) is 16.8 Å². The van der Waals surface area contributed by atoms with Crippen molar-refractivity contribution in [1.29, 1.82) is 0 Å². The van der Waals surface area contributed by atoms with E-state index in [9.17, 15) is 0 Å². The first-order chi connectivity index (χ1) is 16.3. The normalized spacial score (nSPS) is 11.5. The van der Waals surface area contributed by atoms with Gasteiger partial charge in [0.05, 0.1) is 11.4 Å². The fourth-order valence-electron chi connectivity index (χ4n) is 3.40. The second kappa shape index (κ2) is 8.80. The summed E-state index contributed by atoms with van der Waals surface area (Å²) in [5.74, 6) is 2.50. The molecule has 33 heavy (non-hydrogen) atoms. The van der Waals surface area contributed by atoms with Crippen molar-refractivity contribution in [2.75, 3.05) is 0 Å². The largest absolute Gasteiger partial charge is 0.440 e. The molecule has 3 aromatic carbocycles. The van der Waals surface area contributed by atoms with Crippen molar-refractivity contribution >= 4 is 45.7 Å². The van der Waals surface area contributed by atoms with Crippen LogP contribution in [0.5, 0.6) is 0 Å². The zero-order valence-corrected chi connectivity index (χ0v) is 18.9. The fourth-order valence-corrected chi connectivity index (χ4v) is 4.99. The molecule has 6 nitrogen and oxygen atoms in total. The molecule has 0 radical (unpaired) electrons. The average molecular weight is 472 g/mol. The van der Waals surface area contributed by atoms with Crippen LogP contribution in [0.25, 0.3) is 33.7 Å². The number of aromatic nitrogens is 3. The van der Waals surface area contributed by atoms with E-state index in [2.05, 4.69) is 9.97 Å². The van der Waals surface area contributed by atoms with Crippen molar-refractivity contribution in [1.82, 2.24) is 15.0 Å². The molecular formula is C25H17N3O3S2. The van der Waals surface area contributed by atoms with E-state index >= 15 is 0 Å². The molecule has 0 unspecified atom stereocenters. The Morgan fingerprint density at radius 1 is 0.576 bits per heavy atom. The molecule has 162 valence electrons. The molecule has 0 spiro atoms. The van der Waals surface area contributed by atoms with Crippen LogP contribution < -0.4 is 0 Å². The summed E-state index contributed by atoms with van der Waals surface area (Å²) in [6.45, 7) is 0. The highest BCUT2D eigenvalue weighted by atomic mass is 32.2. The predicted octanol–water partition coefficient (Wildman–Crippen LogP) is 7.21. The van der Waals surface area contributed by atoms with Crippen molar-refractivity contribution in [3.05, 3.63) is 90.3 Å². The molecular weight excluding hydrogens is 454 g/mol. The van der Waals surface area contributed by atoms with Crippen LogP contribution in [0, 0.1) is 0 Å². The first kappa shape index (κ1) is 20.1. The highest BCUT2D eigenvalue weighted by Crippen LogP contribution is 2.33. The lowest BCUT2D eigenvalue weighted by Crippen LogP contribution is -1.88. The van der Waals surface area contributed by atoms with E-state index in [0.29, 0.717) is 27.8 Å². The van der Waals surface area contributed by atoms with Crippen LogP contribution in [0.3, 0.4) is 0 Å². The second-order valence-corrected chi connectivity index (χ2v) is 9.08. The van der Waals surface area contributed by atoms with Crippen LogP contribution in [0.2, 0.25) is 0 Å². The molecule has 0 saturated carbocycles. The lowest BCUT2D eigenvalue weighted by molar-refractivity contribution is 0.487. The molecule has 0 N–H and O–H groups in total. The number of para-hydroxylation sites is 4. The van der Waals surface area contributed by atoms with Gasteiger partial charge in [0.25, 0.3) is 10.4 Å². The fraction of sp³-hybridized carbons (Fsp3) is 0.0800. The van der Waals surface area contributed by atoms with Gasteiger partial charge in [0.2, 0.25) is 5.89 Å². The number of thioether (sulfide) groups is 2. The quantitative estimate of drug-likeness (QED) is 0.226. The minimum Gasteiger partial charge on any atom is -0.440 e. The molecule has 0 aliphatic carbocycles. The standard InChI is InChI=1S/C25H17N3O3S2/c1-2-8-16(9-3-1)23-26-19(14-32-24-27-17-10-4-6-12-20(17)30-24)22(29-23)15-33-25-28-18-11-5-7-13-21(18)31-25/h1-13H,14-15H2. The summed E-state index contributed by atoms with van der Waals surface area (Å²) in [4.78, 5) is 13.9. The van der Waals surface area contributed by atoms with Crippen LogP contribution in [0.15, 0.2) is 103 Å². The Hall–Kier alpha value is -3.49. The molecule has 0 amide bonds. The first-order valence-corrected chi connectivity index (χ1v) is 12.3. The van der Waals surface area contributed by atoms with Crippen LogP contribution in [-0.2, 0) is 11.5 Å². The van der Waals surface area contributed by atoms with Gasteiger partial charge in [-0.05, 0) is 36.4 Å². The summed E-state index contributed by atoms with van der Waals surface area (Å²) in [5.41, 5.74) is 5.02. The Balaban J connectivity index is 1.26. The predicted molar refractivity (Wildman–Crippen MR) is 129 cm³/mol. The number of rotatable bonds is 7. The van der Waals surface area contributed by atoms with Crippen LogP contribution >= 0.6 is 23.5 Å². The third-order valence-corrected chi connectivity index (χ3v) is 6.67. The molecule has 8 heteroatoms. The Bertz CT molecular complexity index is 1380. The lowest BCUT2D eigenvalue weighted by atomic mass is 10.2. The zero-order chi connectivity index (χ0) is 22.0. The van der Waals surface area contributed by atoms with E-state index in [4.69, 9.17) is 18.2 Å². The Morgan fingerprint density at radius 3 is 1.79 bits per heavy atom. The number of hydrogen-bond acceptors (Lipinski definition) is 8. The van der Waals surface area contributed by atoms with Crippen molar-refractivity contribution in [3.8, 4) is 11.5 Å². The third kappa shape index (κ3) is 4.27. The minimum absolute atomic E-state index is 0.552. The summed E-state index contributed by atoms with van der Waals surface area (Å²) in [6, 6.07) is 25.4. The van der Waals surface area contributed by atoms with Crippen molar-refractivity contribution in [2.24, 2.45) is 0 Å².